The minimum atomic E-state index is 0. The fourth-order valence-corrected chi connectivity index (χ4v) is 4.03. The Morgan fingerprint density at radius 2 is 2.17 bits per heavy atom. The molecule has 3 heteroatoms. The lowest BCUT2D eigenvalue weighted by Gasteiger charge is -2.36. The van der Waals surface area contributed by atoms with E-state index in [4.69, 9.17) is 0 Å². The van der Waals surface area contributed by atoms with Crippen molar-refractivity contribution in [1.29, 1.82) is 0 Å². The van der Waals surface area contributed by atoms with E-state index in [0.717, 1.165) is 6.04 Å². The van der Waals surface area contributed by atoms with E-state index in [-0.39, 0.29) is 22.4 Å². The molecule has 2 nitrogen and oxygen atoms in total. The number of likely N-dealkylation sites (tertiary alicyclic amines) is 1. The zero-order valence-corrected chi connectivity index (χ0v) is 12.8. The number of fused-ring (bicyclic) bond motifs is 2. The third-order valence-electron chi connectivity index (χ3n) is 5.17. The van der Waals surface area contributed by atoms with Gasteiger partial charge in [0.1, 0.15) is 5.75 Å². The number of hydrogen-bond donors (Lipinski definition) is 1. The van der Waals surface area contributed by atoms with Crippen LogP contribution in [0.5, 0.6) is 5.75 Å². The second kappa shape index (κ2) is 4.86. The summed E-state index contributed by atoms with van der Waals surface area (Å²) in [6, 6.07) is 9.23. The number of halogens is 1. The molecule has 1 saturated carbocycles. The summed E-state index contributed by atoms with van der Waals surface area (Å²) in [6.07, 6.45) is 5.17. The SMILES string of the molecule is Br.CC1N(C)C2CCC[C@@]1(c1cccc(O)c1)C2. The van der Waals surface area contributed by atoms with Gasteiger partial charge in [-0.05, 0) is 50.9 Å². The number of rotatable bonds is 1. The van der Waals surface area contributed by atoms with Gasteiger partial charge in [0.15, 0.2) is 0 Å². The molecule has 2 fully saturated rings. The number of phenols is 1. The van der Waals surface area contributed by atoms with Crippen LogP contribution in [0.25, 0.3) is 0 Å². The van der Waals surface area contributed by atoms with Crippen LogP contribution in [0.15, 0.2) is 24.3 Å². The lowest BCUT2D eigenvalue weighted by Crippen LogP contribution is -2.38. The molecule has 2 unspecified atom stereocenters. The van der Waals surface area contributed by atoms with Gasteiger partial charge >= 0.3 is 0 Å². The first kappa shape index (κ1) is 13.9. The van der Waals surface area contributed by atoms with E-state index in [9.17, 15) is 5.11 Å². The van der Waals surface area contributed by atoms with Gasteiger partial charge in [0.05, 0.1) is 0 Å². The van der Waals surface area contributed by atoms with Crippen molar-refractivity contribution in [1.82, 2.24) is 4.90 Å². The molecule has 1 N–H and O–H groups in total. The zero-order chi connectivity index (χ0) is 12.0. The fraction of sp³-hybridized carbons (Fsp3) is 0.600. The first-order chi connectivity index (χ1) is 8.13. The van der Waals surface area contributed by atoms with E-state index in [2.05, 4.69) is 24.9 Å². The van der Waals surface area contributed by atoms with Gasteiger partial charge in [-0.2, -0.15) is 0 Å². The third kappa shape index (κ3) is 1.88. The Hall–Kier alpha value is -0.540. The van der Waals surface area contributed by atoms with Crippen LogP contribution < -0.4 is 0 Å². The van der Waals surface area contributed by atoms with Crippen molar-refractivity contribution < 1.29 is 5.11 Å². The summed E-state index contributed by atoms with van der Waals surface area (Å²) in [5.41, 5.74) is 1.61. The van der Waals surface area contributed by atoms with Crippen LogP contribution in [0, 0.1) is 0 Å². The molecule has 0 spiro atoms. The maximum absolute atomic E-state index is 9.71. The Morgan fingerprint density at radius 1 is 1.39 bits per heavy atom. The van der Waals surface area contributed by atoms with Crippen LogP contribution >= 0.6 is 17.0 Å². The molecule has 3 atom stereocenters. The monoisotopic (exact) mass is 311 g/mol. The minimum Gasteiger partial charge on any atom is -0.508 e. The van der Waals surface area contributed by atoms with E-state index in [0.29, 0.717) is 11.8 Å². The fourth-order valence-electron chi connectivity index (χ4n) is 4.03. The van der Waals surface area contributed by atoms with Gasteiger partial charge < -0.3 is 5.11 Å². The van der Waals surface area contributed by atoms with Gasteiger partial charge in [0, 0.05) is 17.5 Å². The molecule has 1 aliphatic carbocycles. The number of phenolic OH excluding ortho intramolecular Hbond substituents is 1. The van der Waals surface area contributed by atoms with E-state index >= 15 is 0 Å². The number of aromatic hydroxyl groups is 1. The number of nitrogens with zero attached hydrogens (tertiary/aromatic N) is 1. The first-order valence-electron chi connectivity index (χ1n) is 6.65. The second-order valence-electron chi connectivity index (χ2n) is 5.80. The predicted octanol–water partition coefficient (Wildman–Crippen LogP) is 3.48. The van der Waals surface area contributed by atoms with Crippen LogP contribution in [0.1, 0.15) is 38.2 Å². The molecule has 1 aromatic carbocycles. The van der Waals surface area contributed by atoms with Crippen molar-refractivity contribution in [3.05, 3.63) is 29.8 Å². The van der Waals surface area contributed by atoms with Crippen LogP contribution in [-0.4, -0.2) is 29.1 Å². The highest BCUT2D eigenvalue weighted by atomic mass is 79.9. The lowest BCUT2D eigenvalue weighted by atomic mass is 9.67. The Bertz CT molecular complexity index is 436. The van der Waals surface area contributed by atoms with Gasteiger partial charge in [-0.15, -0.1) is 17.0 Å². The van der Waals surface area contributed by atoms with E-state index in [1.807, 2.05) is 12.1 Å². The van der Waals surface area contributed by atoms with Crippen molar-refractivity contribution >= 4 is 17.0 Å². The first-order valence-corrected chi connectivity index (χ1v) is 6.65. The Balaban J connectivity index is 0.00000120. The van der Waals surface area contributed by atoms with Gasteiger partial charge in [0.2, 0.25) is 0 Å². The summed E-state index contributed by atoms with van der Waals surface area (Å²) in [5, 5.41) is 9.71. The summed E-state index contributed by atoms with van der Waals surface area (Å²) in [4.78, 5) is 2.54. The van der Waals surface area contributed by atoms with Crippen LogP contribution in [-0.2, 0) is 5.41 Å². The van der Waals surface area contributed by atoms with Crippen molar-refractivity contribution in [3.63, 3.8) is 0 Å². The van der Waals surface area contributed by atoms with Gasteiger partial charge in [-0.1, -0.05) is 18.6 Å². The number of hydrogen-bond acceptors (Lipinski definition) is 2. The minimum absolute atomic E-state index is 0. The van der Waals surface area contributed by atoms with Gasteiger partial charge in [-0.3, -0.25) is 4.90 Å². The van der Waals surface area contributed by atoms with Crippen LogP contribution in [0.2, 0.25) is 0 Å². The average molecular weight is 312 g/mol. The van der Waals surface area contributed by atoms with E-state index < -0.39 is 0 Å². The van der Waals surface area contributed by atoms with E-state index in [1.54, 1.807) is 6.07 Å². The summed E-state index contributed by atoms with van der Waals surface area (Å²) in [7, 11) is 2.26. The molecule has 2 bridgehead atoms. The average Bonchev–Trinajstić information content (AvgIpc) is 2.52. The summed E-state index contributed by atoms with van der Waals surface area (Å²) >= 11 is 0. The molecular weight excluding hydrogens is 290 g/mol. The predicted molar refractivity (Wildman–Crippen MR) is 79.6 cm³/mol. The molecule has 2 aliphatic rings. The van der Waals surface area contributed by atoms with Crippen molar-refractivity contribution in [2.24, 2.45) is 0 Å². The van der Waals surface area contributed by atoms with Gasteiger partial charge in [-0.25, -0.2) is 0 Å². The third-order valence-corrected chi connectivity index (χ3v) is 5.17. The van der Waals surface area contributed by atoms with Crippen LogP contribution in [0.4, 0.5) is 0 Å². The molecule has 18 heavy (non-hydrogen) atoms. The normalized spacial score (nSPS) is 35.2. The molecule has 3 rings (SSSR count). The molecule has 0 radical (unpaired) electrons. The molecule has 0 amide bonds. The number of benzene rings is 1. The zero-order valence-electron chi connectivity index (χ0n) is 11.1. The highest BCUT2D eigenvalue weighted by molar-refractivity contribution is 8.93. The van der Waals surface area contributed by atoms with Crippen molar-refractivity contribution in [2.75, 3.05) is 7.05 Å². The molecule has 1 saturated heterocycles. The number of likely N-dealkylation sites (N-methyl/N-ethyl adjacent to an activating group) is 1. The largest absolute Gasteiger partial charge is 0.508 e. The summed E-state index contributed by atoms with van der Waals surface area (Å²) in [6.45, 7) is 2.34. The smallest absolute Gasteiger partial charge is 0.115 e. The Labute approximate surface area is 120 Å². The Morgan fingerprint density at radius 3 is 2.89 bits per heavy atom. The highest BCUT2D eigenvalue weighted by Gasteiger charge is 2.51. The van der Waals surface area contributed by atoms with E-state index in [1.165, 1.54) is 31.2 Å². The maximum Gasteiger partial charge on any atom is 0.115 e. The highest BCUT2D eigenvalue weighted by Crippen LogP contribution is 2.51. The van der Waals surface area contributed by atoms with Gasteiger partial charge in [0.25, 0.3) is 0 Å². The molecule has 1 heterocycles. The topological polar surface area (TPSA) is 23.5 Å². The van der Waals surface area contributed by atoms with Crippen molar-refractivity contribution in [2.45, 2.75) is 50.1 Å². The molecular formula is C15H22BrNO. The van der Waals surface area contributed by atoms with Crippen LogP contribution in [0.3, 0.4) is 0 Å². The molecule has 1 aromatic rings. The quantitative estimate of drug-likeness (QED) is 0.858. The summed E-state index contributed by atoms with van der Waals surface area (Å²) in [5.74, 6) is 0.403. The molecule has 100 valence electrons. The lowest BCUT2D eigenvalue weighted by molar-refractivity contribution is 0.239. The second-order valence-corrected chi connectivity index (χ2v) is 5.80. The molecule has 0 aromatic heterocycles. The maximum atomic E-state index is 9.71. The Kier molecular flexibility index (Phi) is 3.75. The molecule has 1 aliphatic heterocycles. The standard InChI is InChI=1S/C15H21NO.BrH/c1-11-15(12-5-3-7-14(17)9-12)8-4-6-13(10-15)16(11)2;/h3,5,7,9,11,13,17H,4,6,8,10H2,1-2H3;1H/t11?,13?,15-;/m1./s1. The summed E-state index contributed by atoms with van der Waals surface area (Å²) < 4.78 is 0. The van der Waals surface area contributed by atoms with Crippen molar-refractivity contribution in [3.8, 4) is 5.75 Å².